The number of likely N-dealkylation sites (tertiary alicyclic amines) is 1. The van der Waals surface area contributed by atoms with Crippen LogP contribution in [0.4, 0.5) is 0 Å². The van der Waals surface area contributed by atoms with E-state index in [1.54, 1.807) is 19.5 Å². The molecule has 0 radical (unpaired) electrons. The summed E-state index contributed by atoms with van der Waals surface area (Å²) in [5.74, 6) is 1.84. The third kappa shape index (κ3) is 4.53. The Morgan fingerprint density at radius 2 is 1.86 bits per heavy atom. The molecule has 2 fully saturated rings. The lowest BCUT2D eigenvalue weighted by atomic mass is 9.93. The smallest absolute Gasteiger partial charge is 0.233 e. The minimum atomic E-state index is -0.322. The summed E-state index contributed by atoms with van der Waals surface area (Å²) in [5.41, 5.74) is 0.784. The topological polar surface area (TPSA) is 60.9 Å². The number of aromatic nitrogens is 1. The van der Waals surface area contributed by atoms with Crippen molar-refractivity contribution in [2.45, 2.75) is 37.2 Å². The number of nitrogens with zero attached hydrogens (tertiary/aromatic N) is 2. The first-order valence-corrected chi connectivity index (χ1v) is 10.3. The third-order valence-corrected chi connectivity index (χ3v) is 5.87. The van der Waals surface area contributed by atoms with Gasteiger partial charge in [0.15, 0.2) is 0 Å². The fourth-order valence-corrected chi connectivity index (χ4v) is 4.00. The van der Waals surface area contributed by atoms with Gasteiger partial charge in [-0.2, -0.15) is 0 Å². The molecule has 1 aromatic carbocycles. The second kappa shape index (κ2) is 8.82. The van der Waals surface area contributed by atoms with Gasteiger partial charge in [-0.15, -0.1) is 0 Å². The van der Waals surface area contributed by atoms with Crippen molar-refractivity contribution in [3.05, 3.63) is 54.4 Å². The highest BCUT2D eigenvalue weighted by Crippen LogP contribution is 2.50. The average molecular weight is 396 g/mol. The fraction of sp³-hybridized carbons (Fsp3) is 0.478. The van der Waals surface area contributed by atoms with E-state index in [2.05, 4.69) is 4.98 Å². The van der Waals surface area contributed by atoms with Crippen molar-refractivity contribution in [1.82, 2.24) is 9.88 Å². The Kier molecular flexibility index (Phi) is 6.00. The van der Waals surface area contributed by atoms with Gasteiger partial charge < -0.3 is 19.1 Å². The van der Waals surface area contributed by atoms with Gasteiger partial charge in [-0.3, -0.25) is 9.78 Å². The largest absolute Gasteiger partial charge is 0.497 e. The summed E-state index contributed by atoms with van der Waals surface area (Å²) in [4.78, 5) is 19.2. The molecule has 4 rings (SSSR count). The summed E-state index contributed by atoms with van der Waals surface area (Å²) < 4.78 is 16.8. The van der Waals surface area contributed by atoms with Crippen LogP contribution in [0.2, 0.25) is 0 Å². The fourth-order valence-electron chi connectivity index (χ4n) is 4.00. The number of carbonyl (C=O) groups excluding carboxylic acids is 1. The average Bonchev–Trinajstić information content (AvgIpc) is 3.59. The summed E-state index contributed by atoms with van der Waals surface area (Å²) in [6, 6.07) is 11.7. The minimum Gasteiger partial charge on any atom is -0.497 e. The van der Waals surface area contributed by atoms with Gasteiger partial charge in [0.1, 0.15) is 18.1 Å². The molecule has 2 heterocycles. The van der Waals surface area contributed by atoms with Crippen LogP contribution in [0.15, 0.2) is 48.8 Å². The Hall–Kier alpha value is -2.60. The van der Waals surface area contributed by atoms with Crippen LogP contribution in [0.1, 0.15) is 31.2 Å². The van der Waals surface area contributed by atoms with Crippen LogP contribution in [-0.2, 0) is 14.9 Å². The van der Waals surface area contributed by atoms with E-state index in [1.807, 2.05) is 41.3 Å². The van der Waals surface area contributed by atoms with Gasteiger partial charge in [0.25, 0.3) is 0 Å². The molecule has 0 spiro atoms. The van der Waals surface area contributed by atoms with Gasteiger partial charge in [0.05, 0.1) is 31.4 Å². The molecule has 1 saturated heterocycles. The van der Waals surface area contributed by atoms with Gasteiger partial charge in [0, 0.05) is 19.3 Å². The summed E-state index contributed by atoms with van der Waals surface area (Å²) >= 11 is 0. The van der Waals surface area contributed by atoms with Crippen LogP contribution in [-0.4, -0.2) is 55.3 Å². The van der Waals surface area contributed by atoms with E-state index in [-0.39, 0.29) is 17.4 Å². The molecule has 154 valence electrons. The Labute approximate surface area is 171 Å². The Morgan fingerprint density at radius 3 is 2.48 bits per heavy atom. The molecule has 1 aromatic heterocycles. The van der Waals surface area contributed by atoms with Gasteiger partial charge in [0.2, 0.25) is 5.91 Å². The van der Waals surface area contributed by atoms with Crippen molar-refractivity contribution < 1.29 is 19.0 Å². The van der Waals surface area contributed by atoms with Crippen molar-refractivity contribution in [3.8, 4) is 11.5 Å². The summed E-state index contributed by atoms with van der Waals surface area (Å²) in [6.45, 7) is 2.56. The minimum absolute atomic E-state index is 0.188. The van der Waals surface area contributed by atoms with Crippen molar-refractivity contribution >= 4 is 5.91 Å². The van der Waals surface area contributed by atoms with Crippen LogP contribution < -0.4 is 9.47 Å². The molecule has 0 N–H and O–H groups in total. The molecule has 2 aromatic rings. The molecular weight excluding hydrogens is 368 g/mol. The Bertz CT molecular complexity index is 797. The van der Waals surface area contributed by atoms with Crippen LogP contribution in [0.25, 0.3) is 0 Å². The number of hydrogen-bond acceptors (Lipinski definition) is 5. The SMILES string of the molecule is COc1ccc(C2(C(=O)N3CCC(OCCOc4cccnc4)CC3)CC2)cc1. The summed E-state index contributed by atoms with van der Waals surface area (Å²) in [6.07, 6.45) is 7.21. The molecule has 6 nitrogen and oxygen atoms in total. The van der Waals surface area contributed by atoms with E-state index < -0.39 is 0 Å². The first-order valence-electron chi connectivity index (χ1n) is 10.3. The molecule has 1 aliphatic heterocycles. The first kappa shape index (κ1) is 19.7. The zero-order chi connectivity index (χ0) is 20.1. The first-order chi connectivity index (χ1) is 14.2. The zero-order valence-corrected chi connectivity index (χ0v) is 16.9. The monoisotopic (exact) mass is 396 g/mol. The second-order valence-electron chi connectivity index (χ2n) is 7.71. The van der Waals surface area contributed by atoms with Gasteiger partial charge >= 0.3 is 0 Å². The molecule has 6 heteroatoms. The second-order valence-corrected chi connectivity index (χ2v) is 7.71. The molecule has 1 amide bonds. The highest BCUT2D eigenvalue weighted by Gasteiger charge is 2.53. The quantitative estimate of drug-likeness (QED) is 0.641. The van der Waals surface area contributed by atoms with Crippen LogP contribution in [0.3, 0.4) is 0 Å². The normalized spacial score (nSPS) is 18.3. The van der Waals surface area contributed by atoms with E-state index >= 15 is 0 Å². The number of piperidine rings is 1. The highest BCUT2D eigenvalue weighted by atomic mass is 16.5. The zero-order valence-electron chi connectivity index (χ0n) is 16.9. The van der Waals surface area contributed by atoms with E-state index in [4.69, 9.17) is 14.2 Å². The van der Waals surface area contributed by atoms with Crippen LogP contribution in [0.5, 0.6) is 11.5 Å². The number of rotatable bonds is 8. The lowest BCUT2D eigenvalue weighted by molar-refractivity contribution is -0.136. The predicted molar refractivity (Wildman–Crippen MR) is 109 cm³/mol. The summed E-state index contributed by atoms with van der Waals surface area (Å²) in [7, 11) is 1.66. The molecule has 0 atom stereocenters. The van der Waals surface area contributed by atoms with Crippen molar-refractivity contribution in [2.75, 3.05) is 33.4 Å². The van der Waals surface area contributed by atoms with Crippen molar-refractivity contribution in [1.29, 1.82) is 0 Å². The number of carbonyl (C=O) groups is 1. The molecule has 1 aliphatic carbocycles. The van der Waals surface area contributed by atoms with Crippen LogP contribution >= 0.6 is 0 Å². The van der Waals surface area contributed by atoms with E-state index in [1.165, 1.54) is 0 Å². The predicted octanol–water partition coefficient (Wildman–Crippen LogP) is 3.21. The number of pyridine rings is 1. The van der Waals surface area contributed by atoms with Gasteiger partial charge in [-0.1, -0.05) is 12.1 Å². The number of ether oxygens (including phenoxy) is 3. The highest BCUT2D eigenvalue weighted by molar-refractivity contribution is 5.91. The van der Waals surface area contributed by atoms with E-state index in [9.17, 15) is 4.79 Å². The maximum absolute atomic E-state index is 13.2. The summed E-state index contributed by atoms with van der Waals surface area (Å²) in [5, 5.41) is 0. The molecule has 2 aliphatic rings. The van der Waals surface area contributed by atoms with Gasteiger partial charge in [-0.05, 0) is 55.5 Å². The standard InChI is InChI=1S/C23H28N2O4/c1-27-19-6-4-18(5-7-19)23(10-11-23)22(26)25-13-8-20(9-14-25)28-15-16-29-21-3-2-12-24-17-21/h2-7,12,17,20H,8-11,13-16H2,1H3. The maximum Gasteiger partial charge on any atom is 0.233 e. The van der Waals surface area contributed by atoms with Crippen LogP contribution in [0, 0.1) is 0 Å². The molecule has 29 heavy (non-hydrogen) atoms. The maximum atomic E-state index is 13.2. The molecular formula is C23H28N2O4. The van der Waals surface area contributed by atoms with E-state index in [0.29, 0.717) is 13.2 Å². The number of methoxy groups -OCH3 is 1. The Balaban J connectivity index is 1.22. The van der Waals surface area contributed by atoms with Gasteiger partial charge in [-0.25, -0.2) is 0 Å². The van der Waals surface area contributed by atoms with Crippen molar-refractivity contribution in [2.24, 2.45) is 0 Å². The van der Waals surface area contributed by atoms with Crippen molar-refractivity contribution in [3.63, 3.8) is 0 Å². The molecule has 0 bridgehead atoms. The third-order valence-electron chi connectivity index (χ3n) is 5.87. The lowest BCUT2D eigenvalue weighted by Gasteiger charge is -2.34. The number of amides is 1. The molecule has 1 saturated carbocycles. The number of hydrogen-bond donors (Lipinski definition) is 0. The lowest BCUT2D eigenvalue weighted by Crippen LogP contribution is -2.45. The van der Waals surface area contributed by atoms with E-state index in [0.717, 1.165) is 55.8 Å². The Morgan fingerprint density at radius 1 is 1.10 bits per heavy atom. The molecule has 0 unspecified atom stereocenters. The number of benzene rings is 1.